The summed E-state index contributed by atoms with van der Waals surface area (Å²) in [6, 6.07) is 24.2. The maximum absolute atomic E-state index is 13.1. The first-order valence-corrected chi connectivity index (χ1v) is 11.6. The Kier molecular flexibility index (Phi) is 4.43. The predicted octanol–water partition coefficient (Wildman–Crippen LogP) is 5.95. The van der Waals surface area contributed by atoms with E-state index in [1.807, 2.05) is 54.3 Å². The third-order valence-corrected chi connectivity index (χ3v) is 7.44. The first kappa shape index (κ1) is 19.3. The second-order valence-corrected chi connectivity index (χ2v) is 9.29. The Morgan fingerprint density at radius 3 is 2.56 bits per heavy atom. The molecule has 0 atom stereocenters. The van der Waals surface area contributed by atoms with E-state index in [9.17, 15) is 4.79 Å². The Labute approximate surface area is 190 Å². The molecule has 0 radical (unpaired) electrons. The molecular weight excluding hydrogens is 418 g/mol. The average molecular weight is 440 g/mol. The van der Waals surface area contributed by atoms with Crippen LogP contribution in [0.25, 0.3) is 11.4 Å². The third-order valence-electron chi connectivity index (χ3n) is 6.32. The van der Waals surface area contributed by atoms with E-state index in [-0.39, 0.29) is 11.3 Å². The molecule has 0 saturated heterocycles. The van der Waals surface area contributed by atoms with Crippen molar-refractivity contribution in [2.45, 2.75) is 35.0 Å². The van der Waals surface area contributed by atoms with Crippen LogP contribution >= 0.6 is 11.8 Å². The van der Waals surface area contributed by atoms with Gasteiger partial charge < -0.3 is 9.42 Å². The van der Waals surface area contributed by atoms with E-state index in [1.165, 1.54) is 5.56 Å². The molecule has 0 spiro atoms. The number of benzene rings is 3. The first-order chi connectivity index (χ1) is 15.7. The van der Waals surface area contributed by atoms with Crippen molar-refractivity contribution in [3.63, 3.8) is 0 Å². The van der Waals surface area contributed by atoms with Crippen LogP contribution in [0.15, 0.2) is 87.1 Å². The summed E-state index contributed by atoms with van der Waals surface area (Å²) in [6.07, 6.45) is 2.03. The number of rotatable bonds is 4. The molecule has 3 aromatic carbocycles. The van der Waals surface area contributed by atoms with Gasteiger partial charge in [0.15, 0.2) is 0 Å². The zero-order valence-electron chi connectivity index (χ0n) is 17.6. The fourth-order valence-corrected chi connectivity index (χ4v) is 5.54. The lowest BCUT2D eigenvalue weighted by molar-refractivity contribution is 0.0985. The monoisotopic (exact) mass is 439 g/mol. The van der Waals surface area contributed by atoms with Gasteiger partial charge in [-0.3, -0.25) is 4.79 Å². The molecule has 6 heteroatoms. The lowest BCUT2D eigenvalue weighted by Gasteiger charge is -2.21. The van der Waals surface area contributed by atoms with Crippen LogP contribution in [-0.2, 0) is 5.41 Å². The Morgan fingerprint density at radius 2 is 1.78 bits per heavy atom. The number of aromatic nitrogens is 2. The summed E-state index contributed by atoms with van der Waals surface area (Å²) in [5.41, 5.74) is 3.60. The van der Waals surface area contributed by atoms with Crippen LogP contribution in [0.2, 0.25) is 0 Å². The SMILES string of the molecule is CCN1C(=O)c2ccccc2Sc2cc(-c3noc(C4(c5ccccc5)CC4)n3)ccc21. The van der Waals surface area contributed by atoms with Crippen LogP contribution in [0.1, 0.15) is 41.6 Å². The molecule has 0 N–H and O–H groups in total. The summed E-state index contributed by atoms with van der Waals surface area (Å²) in [7, 11) is 0. The van der Waals surface area contributed by atoms with Gasteiger partial charge in [-0.25, -0.2) is 0 Å². The fraction of sp³-hybridized carbons (Fsp3) is 0.192. The number of carbonyl (C=O) groups is 1. The van der Waals surface area contributed by atoms with Crippen LogP contribution in [0, 0.1) is 0 Å². The predicted molar refractivity (Wildman–Crippen MR) is 124 cm³/mol. The van der Waals surface area contributed by atoms with Crippen LogP contribution in [0.3, 0.4) is 0 Å². The van der Waals surface area contributed by atoms with E-state index in [1.54, 1.807) is 11.8 Å². The largest absolute Gasteiger partial charge is 0.338 e. The maximum atomic E-state index is 13.1. The van der Waals surface area contributed by atoms with E-state index in [0.29, 0.717) is 18.3 Å². The van der Waals surface area contributed by atoms with Crippen molar-refractivity contribution in [1.29, 1.82) is 0 Å². The third kappa shape index (κ3) is 2.98. The van der Waals surface area contributed by atoms with Gasteiger partial charge in [0, 0.05) is 21.9 Å². The van der Waals surface area contributed by atoms with Crippen LogP contribution in [-0.4, -0.2) is 22.6 Å². The van der Waals surface area contributed by atoms with Crippen molar-refractivity contribution in [2.75, 3.05) is 11.4 Å². The summed E-state index contributed by atoms with van der Waals surface area (Å²) < 4.78 is 5.75. The average Bonchev–Trinajstić information content (AvgIpc) is 3.52. The summed E-state index contributed by atoms with van der Waals surface area (Å²) in [5.74, 6) is 1.29. The standard InChI is InChI=1S/C26H21N3O2S/c1-2-29-20-13-12-17(16-22(20)32-21-11-7-6-10-19(21)24(29)30)23-27-25(31-28-23)26(14-15-26)18-8-4-3-5-9-18/h3-13,16H,2,14-15H2,1H3. The van der Waals surface area contributed by atoms with E-state index < -0.39 is 0 Å². The summed E-state index contributed by atoms with van der Waals surface area (Å²) in [4.78, 5) is 21.7. The number of carbonyl (C=O) groups excluding carboxylic acids is 1. The van der Waals surface area contributed by atoms with Crippen LogP contribution < -0.4 is 4.90 Å². The topological polar surface area (TPSA) is 59.2 Å². The summed E-state index contributed by atoms with van der Waals surface area (Å²) >= 11 is 1.61. The van der Waals surface area contributed by atoms with Crippen molar-refractivity contribution < 1.29 is 9.32 Å². The molecule has 1 aromatic heterocycles. The fourth-order valence-electron chi connectivity index (χ4n) is 4.42. The highest BCUT2D eigenvalue weighted by atomic mass is 32.2. The molecule has 0 bridgehead atoms. The van der Waals surface area contributed by atoms with Crippen LogP contribution in [0.5, 0.6) is 0 Å². The van der Waals surface area contributed by atoms with Gasteiger partial charge in [0.25, 0.3) is 5.91 Å². The highest BCUT2D eigenvalue weighted by Gasteiger charge is 2.50. The summed E-state index contributed by atoms with van der Waals surface area (Å²) in [6.45, 7) is 2.60. The minimum atomic E-state index is -0.155. The highest BCUT2D eigenvalue weighted by molar-refractivity contribution is 7.99. The molecule has 1 aliphatic heterocycles. The van der Waals surface area contributed by atoms with Gasteiger partial charge in [-0.2, -0.15) is 4.98 Å². The van der Waals surface area contributed by atoms with Gasteiger partial charge >= 0.3 is 0 Å². The summed E-state index contributed by atoms with van der Waals surface area (Å²) in [5, 5.41) is 4.31. The molecule has 32 heavy (non-hydrogen) atoms. The number of amides is 1. The molecule has 4 aromatic rings. The Balaban J connectivity index is 1.39. The molecular formula is C26H21N3O2S. The van der Waals surface area contributed by atoms with E-state index in [2.05, 4.69) is 35.5 Å². The molecule has 1 saturated carbocycles. The molecule has 1 aliphatic carbocycles. The van der Waals surface area contributed by atoms with Crippen molar-refractivity contribution >= 4 is 23.4 Å². The molecule has 158 valence electrons. The van der Waals surface area contributed by atoms with Gasteiger partial charge in [-0.1, -0.05) is 59.4 Å². The van der Waals surface area contributed by atoms with E-state index in [0.717, 1.165) is 39.4 Å². The zero-order chi connectivity index (χ0) is 21.7. The van der Waals surface area contributed by atoms with Gasteiger partial charge in [-0.15, -0.1) is 0 Å². The zero-order valence-corrected chi connectivity index (χ0v) is 18.4. The van der Waals surface area contributed by atoms with Crippen molar-refractivity contribution in [1.82, 2.24) is 10.1 Å². The number of nitrogens with zero attached hydrogens (tertiary/aromatic N) is 3. The molecule has 2 aliphatic rings. The van der Waals surface area contributed by atoms with Crippen molar-refractivity contribution in [2.24, 2.45) is 0 Å². The van der Waals surface area contributed by atoms with Crippen LogP contribution in [0.4, 0.5) is 5.69 Å². The Bertz CT molecular complexity index is 1330. The lowest BCUT2D eigenvalue weighted by Crippen LogP contribution is -2.30. The molecule has 1 amide bonds. The molecule has 1 fully saturated rings. The number of anilines is 1. The first-order valence-electron chi connectivity index (χ1n) is 10.8. The van der Waals surface area contributed by atoms with E-state index >= 15 is 0 Å². The number of hydrogen-bond acceptors (Lipinski definition) is 5. The van der Waals surface area contributed by atoms with Gasteiger partial charge in [0.2, 0.25) is 11.7 Å². The van der Waals surface area contributed by atoms with Crippen molar-refractivity contribution in [3.05, 3.63) is 89.8 Å². The maximum Gasteiger partial charge on any atom is 0.259 e. The minimum Gasteiger partial charge on any atom is -0.338 e. The smallest absolute Gasteiger partial charge is 0.259 e. The molecule has 0 unspecified atom stereocenters. The quantitative estimate of drug-likeness (QED) is 0.393. The number of hydrogen-bond donors (Lipinski definition) is 0. The molecule has 2 heterocycles. The minimum absolute atomic E-state index is 0.0301. The lowest BCUT2D eigenvalue weighted by atomic mass is 9.96. The van der Waals surface area contributed by atoms with Gasteiger partial charge in [0.1, 0.15) is 0 Å². The number of fused-ring (bicyclic) bond motifs is 2. The van der Waals surface area contributed by atoms with E-state index in [4.69, 9.17) is 9.51 Å². The normalized spacial score (nSPS) is 16.3. The second kappa shape index (κ2) is 7.35. The highest BCUT2D eigenvalue weighted by Crippen LogP contribution is 2.53. The van der Waals surface area contributed by atoms with Gasteiger partial charge in [-0.05, 0) is 55.7 Å². The molecule has 5 nitrogen and oxygen atoms in total. The van der Waals surface area contributed by atoms with Crippen molar-refractivity contribution in [3.8, 4) is 11.4 Å². The molecule has 6 rings (SSSR count). The van der Waals surface area contributed by atoms with Gasteiger partial charge in [0.05, 0.1) is 16.7 Å². The Hall–Kier alpha value is -3.38. The Morgan fingerprint density at radius 1 is 1.00 bits per heavy atom. The second-order valence-electron chi connectivity index (χ2n) is 8.20.